The van der Waals surface area contributed by atoms with Crippen LogP contribution >= 0.6 is 0 Å². The highest BCUT2D eigenvalue weighted by Crippen LogP contribution is 2.27. The SMILES string of the molecule is CCOC(=O)c1oc2ccccc2c1COC(=O)CCNC(=O)c1n[nH]c2ccccc12. The molecule has 164 valence electrons. The van der Waals surface area contributed by atoms with E-state index in [-0.39, 0.29) is 43.5 Å². The summed E-state index contributed by atoms with van der Waals surface area (Å²) in [5.74, 6) is -1.52. The highest BCUT2D eigenvalue weighted by Gasteiger charge is 2.22. The van der Waals surface area contributed by atoms with Crippen molar-refractivity contribution >= 4 is 39.7 Å². The standard InChI is InChI=1S/C23H21N3O6/c1-2-30-23(29)21-16(14-7-4-6-10-18(14)32-21)13-31-19(27)11-12-24-22(28)20-15-8-3-5-9-17(15)25-26-20/h3-10H,2,11-13H2,1H3,(H,24,28)(H,25,26). The monoisotopic (exact) mass is 435 g/mol. The Kier molecular flexibility index (Phi) is 6.16. The number of benzene rings is 2. The van der Waals surface area contributed by atoms with Gasteiger partial charge >= 0.3 is 11.9 Å². The minimum atomic E-state index is -0.617. The Hall–Kier alpha value is -4.14. The zero-order chi connectivity index (χ0) is 22.5. The van der Waals surface area contributed by atoms with Crippen LogP contribution in [0.3, 0.4) is 0 Å². The molecule has 0 fully saturated rings. The third-order valence-electron chi connectivity index (χ3n) is 4.84. The number of hydrogen-bond acceptors (Lipinski definition) is 7. The number of para-hydroxylation sites is 2. The summed E-state index contributed by atoms with van der Waals surface area (Å²) in [6.45, 7) is 1.82. The van der Waals surface area contributed by atoms with Gasteiger partial charge in [-0.1, -0.05) is 36.4 Å². The van der Waals surface area contributed by atoms with Gasteiger partial charge in [-0.15, -0.1) is 0 Å². The first-order chi connectivity index (χ1) is 15.6. The second kappa shape index (κ2) is 9.34. The van der Waals surface area contributed by atoms with Gasteiger partial charge in [-0.2, -0.15) is 5.10 Å². The summed E-state index contributed by atoms with van der Waals surface area (Å²) >= 11 is 0. The van der Waals surface area contributed by atoms with Crippen molar-refractivity contribution in [2.24, 2.45) is 0 Å². The summed E-state index contributed by atoms with van der Waals surface area (Å²) in [5.41, 5.74) is 1.96. The van der Waals surface area contributed by atoms with Crippen LogP contribution in [0.2, 0.25) is 0 Å². The zero-order valence-corrected chi connectivity index (χ0v) is 17.3. The summed E-state index contributed by atoms with van der Waals surface area (Å²) in [7, 11) is 0. The fourth-order valence-electron chi connectivity index (χ4n) is 3.33. The average Bonchev–Trinajstić information content (AvgIpc) is 3.39. The molecule has 2 heterocycles. The number of hydrogen-bond donors (Lipinski definition) is 2. The van der Waals surface area contributed by atoms with Crippen molar-refractivity contribution in [1.82, 2.24) is 15.5 Å². The van der Waals surface area contributed by atoms with Gasteiger partial charge in [0.25, 0.3) is 5.91 Å². The molecular weight excluding hydrogens is 414 g/mol. The van der Waals surface area contributed by atoms with Crippen LogP contribution < -0.4 is 5.32 Å². The lowest BCUT2D eigenvalue weighted by atomic mass is 10.1. The molecule has 2 N–H and O–H groups in total. The van der Waals surface area contributed by atoms with Crippen molar-refractivity contribution < 1.29 is 28.3 Å². The van der Waals surface area contributed by atoms with Gasteiger partial charge in [0.05, 0.1) is 24.1 Å². The van der Waals surface area contributed by atoms with Crippen molar-refractivity contribution in [2.45, 2.75) is 20.0 Å². The molecule has 32 heavy (non-hydrogen) atoms. The zero-order valence-electron chi connectivity index (χ0n) is 17.3. The van der Waals surface area contributed by atoms with E-state index in [4.69, 9.17) is 13.9 Å². The van der Waals surface area contributed by atoms with Crippen LogP contribution in [0.1, 0.15) is 40.0 Å². The van der Waals surface area contributed by atoms with E-state index in [0.29, 0.717) is 21.9 Å². The second-order valence-corrected chi connectivity index (χ2v) is 6.91. The highest BCUT2D eigenvalue weighted by molar-refractivity contribution is 6.04. The quantitative estimate of drug-likeness (QED) is 0.407. The molecule has 2 aromatic heterocycles. The molecule has 2 aromatic carbocycles. The molecule has 4 aromatic rings. The number of H-pyrrole nitrogens is 1. The summed E-state index contributed by atoms with van der Waals surface area (Å²) in [5, 5.41) is 10.8. The predicted molar refractivity (Wildman–Crippen MR) is 115 cm³/mol. The molecule has 0 spiro atoms. The molecule has 0 saturated heterocycles. The lowest BCUT2D eigenvalue weighted by Crippen LogP contribution is -2.27. The largest absolute Gasteiger partial charge is 0.461 e. The number of ether oxygens (including phenoxy) is 2. The fraction of sp³-hybridized carbons (Fsp3) is 0.217. The van der Waals surface area contributed by atoms with Gasteiger partial charge in [0.2, 0.25) is 5.76 Å². The van der Waals surface area contributed by atoms with E-state index in [9.17, 15) is 14.4 Å². The Morgan fingerprint density at radius 2 is 1.78 bits per heavy atom. The van der Waals surface area contributed by atoms with Gasteiger partial charge in [0.1, 0.15) is 12.2 Å². The van der Waals surface area contributed by atoms with Gasteiger partial charge in [-0.3, -0.25) is 14.7 Å². The van der Waals surface area contributed by atoms with E-state index in [1.165, 1.54) is 0 Å². The number of fused-ring (bicyclic) bond motifs is 2. The number of aromatic nitrogens is 2. The molecule has 0 bridgehead atoms. The second-order valence-electron chi connectivity index (χ2n) is 6.91. The molecule has 9 nitrogen and oxygen atoms in total. The fourth-order valence-corrected chi connectivity index (χ4v) is 3.33. The summed E-state index contributed by atoms with van der Waals surface area (Å²) in [6, 6.07) is 14.3. The van der Waals surface area contributed by atoms with E-state index < -0.39 is 11.9 Å². The number of nitrogens with one attached hydrogen (secondary N) is 2. The van der Waals surface area contributed by atoms with Crippen molar-refractivity contribution in [3.8, 4) is 0 Å². The van der Waals surface area contributed by atoms with E-state index in [1.54, 1.807) is 37.3 Å². The van der Waals surface area contributed by atoms with Crippen LogP contribution in [0.25, 0.3) is 21.9 Å². The number of amides is 1. The minimum absolute atomic E-state index is 0.0135. The van der Waals surface area contributed by atoms with Crippen LogP contribution in [0.4, 0.5) is 0 Å². The minimum Gasteiger partial charge on any atom is -0.461 e. The van der Waals surface area contributed by atoms with E-state index in [0.717, 1.165) is 5.52 Å². The Labute approximate surface area is 182 Å². The van der Waals surface area contributed by atoms with Crippen molar-refractivity contribution in [3.05, 3.63) is 65.5 Å². The first kappa shape index (κ1) is 21.1. The van der Waals surface area contributed by atoms with Crippen LogP contribution in [-0.4, -0.2) is 41.2 Å². The summed E-state index contributed by atoms with van der Waals surface area (Å²) < 4.78 is 16.0. The van der Waals surface area contributed by atoms with Crippen LogP contribution in [0.5, 0.6) is 0 Å². The van der Waals surface area contributed by atoms with Gasteiger partial charge in [-0.25, -0.2) is 4.79 Å². The maximum Gasteiger partial charge on any atom is 0.374 e. The van der Waals surface area contributed by atoms with Gasteiger partial charge in [0, 0.05) is 17.3 Å². The van der Waals surface area contributed by atoms with Gasteiger partial charge in [-0.05, 0) is 19.1 Å². The van der Waals surface area contributed by atoms with Crippen LogP contribution in [0.15, 0.2) is 52.9 Å². The molecule has 0 aliphatic heterocycles. The van der Waals surface area contributed by atoms with Crippen molar-refractivity contribution in [1.29, 1.82) is 0 Å². The molecule has 4 rings (SSSR count). The number of furan rings is 1. The highest BCUT2D eigenvalue weighted by atomic mass is 16.5. The Morgan fingerprint density at radius 3 is 2.59 bits per heavy atom. The maximum absolute atomic E-state index is 12.4. The van der Waals surface area contributed by atoms with E-state index in [1.807, 2.05) is 18.2 Å². The third kappa shape index (κ3) is 4.31. The van der Waals surface area contributed by atoms with Gasteiger partial charge in [0.15, 0.2) is 5.69 Å². The lowest BCUT2D eigenvalue weighted by Gasteiger charge is -2.07. The molecule has 9 heteroatoms. The number of esters is 2. The molecule has 0 aliphatic carbocycles. The molecular formula is C23H21N3O6. The lowest BCUT2D eigenvalue weighted by molar-refractivity contribution is -0.144. The van der Waals surface area contributed by atoms with Crippen LogP contribution in [-0.2, 0) is 20.9 Å². The van der Waals surface area contributed by atoms with E-state index >= 15 is 0 Å². The normalized spacial score (nSPS) is 10.9. The van der Waals surface area contributed by atoms with Crippen molar-refractivity contribution in [3.63, 3.8) is 0 Å². The number of rotatable bonds is 8. The van der Waals surface area contributed by atoms with E-state index in [2.05, 4.69) is 15.5 Å². The molecule has 0 atom stereocenters. The first-order valence-corrected chi connectivity index (χ1v) is 10.1. The molecule has 0 radical (unpaired) electrons. The average molecular weight is 435 g/mol. The summed E-state index contributed by atoms with van der Waals surface area (Å²) in [6.07, 6.45) is -0.0430. The smallest absolute Gasteiger partial charge is 0.374 e. The Balaban J connectivity index is 1.35. The number of carbonyl (C=O) groups is 3. The maximum atomic E-state index is 12.4. The summed E-state index contributed by atoms with van der Waals surface area (Å²) in [4.78, 5) is 36.8. The van der Waals surface area contributed by atoms with Crippen LogP contribution in [0, 0.1) is 0 Å². The molecule has 1 amide bonds. The number of carbonyl (C=O) groups excluding carboxylic acids is 3. The van der Waals surface area contributed by atoms with Crippen molar-refractivity contribution in [2.75, 3.05) is 13.2 Å². The topological polar surface area (TPSA) is 124 Å². The molecule has 0 aliphatic rings. The van der Waals surface area contributed by atoms with Gasteiger partial charge < -0.3 is 19.2 Å². The number of nitrogens with zero attached hydrogens (tertiary/aromatic N) is 1. The Bertz CT molecular complexity index is 1290. The first-order valence-electron chi connectivity index (χ1n) is 10.1. The molecule has 0 saturated carbocycles. The predicted octanol–water partition coefficient (Wildman–Crippen LogP) is 3.35. The molecule has 0 unspecified atom stereocenters. The third-order valence-corrected chi connectivity index (χ3v) is 4.84. The number of aromatic amines is 1. The Morgan fingerprint density at radius 1 is 1.03 bits per heavy atom.